The van der Waals surface area contributed by atoms with E-state index in [1.165, 1.54) is 4.31 Å². The molecule has 0 aliphatic carbocycles. The van der Waals surface area contributed by atoms with E-state index in [0.717, 1.165) is 24.8 Å². The van der Waals surface area contributed by atoms with Gasteiger partial charge in [0.1, 0.15) is 0 Å². The summed E-state index contributed by atoms with van der Waals surface area (Å²) < 4.78 is 28.6. The van der Waals surface area contributed by atoms with E-state index in [4.69, 9.17) is 0 Å². The fourth-order valence-corrected chi connectivity index (χ4v) is 4.58. The Morgan fingerprint density at radius 2 is 2.00 bits per heavy atom. The van der Waals surface area contributed by atoms with Gasteiger partial charge < -0.3 is 5.11 Å². The second-order valence-corrected chi connectivity index (χ2v) is 7.39. The first-order valence-electron chi connectivity index (χ1n) is 7.47. The molecule has 1 saturated heterocycles. The minimum absolute atomic E-state index is 0.0284. The molecule has 21 heavy (non-hydrogen) atoms. The van der Waals surface area contributed by atoms with Crippen LogP contribution >= 0.6 is 0 Å². The van der Waals surface area contributed by atoms with Crippen molar-refractivity contribution in [2.45, 2.75) is 38.8 Å². The number of benzene rings is 1. The Morgan fingerprint density at radius 3 is 2.62 bits per heavy atom. The second-order valence-electron chi connectivity index (χ2n) is 5.51. The average molecular weight is 312 g/mol. The maximum Gasteiger partial charge on any atom is 0.282 e. The van der Waals surface area contributed by atoms with Gasteiger partial charge in [0.2, 0.25) is 0 Å². The monoisotopic (exact) mass is 312 g/mol. The first-order valence-corrected chi connectivity index (χ1v) is 8.87. The summed E-state index contributed by atoms with van der Waals surface area (Å²) in [6, 6.07) is 9.52. The Morgan fingerprint density at radius 1 is 1.29 bits per heavy atom. The molecular weight excluding hydrogens is 288 g/mol. The van der Waals surface area contributed by atoms with Crippen molar-refractivity contribution in [1.29, 1.82) is 0 Å². The maximum absolute atomic E-state index is 12.8. The number of hydrogen-bond acceptors (Lipinski definition) is 3. The number of hydrogen-bond donors (Lipinski definition) is 1. The van der Waals surface area contributed by atoms with Crippen molar-refractivity contribution in [2.75, 3.05) is 19.7 Å². The highest BCUT2D eigenvalue weighted by Crippen LogP contribution is 2.23. The van der Waals surface area contributed by atoms with Gasteiger partial charge in [0, 0.05) is 25.7 Å². The predicted molar refractivity (Wildman–Crippen MR) is 82.9 cm³/mol. The summed E-state index contributed by atoms with van der Waals surface area (Å²) in [5.41, 5.74) is 0.930. The van der Waals surface area contributed by atoms with E-state index >= 15 is 0 Å². The quantitative estimate of drug-likeness (QED) is 0.868. The fraction of sp³-hybridized carbons (Fsp3) is 0.600. The van der Waals surface area contributed by atoms with E-state index in [-0.39, 0.29) is 19.2 Å². The highest BCUT2D eigenvalue weighted by molar-refractivity contribution is 7.86. The highest BCUT2D eigenvalue weighted by Gasteiger charge is 2.34. The van der Waals surface area contributed by atoms with E-state index in [9.17, 15) is 13.5 Å². The first-order chi connectivity index (χ1) is 10.1. The normalized spacial score (nSPS) is 20.8. The molecule has 1 aromatic rings. The zero-order chi connectivity index (χ0) is 15.3. The van der Waals surface area contributed by atoms with Crippen LogP contribution in [-0.2, 0) is 16.8 Å². The molecular formula is C15H24N2O3S. The standard InChI is InChI=1S/C15H24N2O3S/c1-14-7-5-6-10-17(14)21(19,20)16(11-12-18)13-15-8-3-2-4-9-15/h2-4,8-9,14,18H,5-7,10-13H2,1H3. The van der Waals surface area contributed by atoms with Crippen LogP contribution in [0.25, 0.3) is 0 Å². The van der Waals surface area contributed by atoms with E-state index in [1.54, 1.807) is 4.31 Å². The lowest BCUT2D eigenvalue weighted by atomic mass is 10.1. The molecule has 0 saturated carbocycles. The summed E-state index contributed by atoms with van der Waals surface area (Å²) in [5, 5.41) is 9.22. The van der Waals surface area contributed by atoms with Crippen molar-refractivity contribution in [1.82, 2.24) is 8.61 Å². The van der Waals surface area contributed by atoms with Crippen molar-refractivity contribution in [3.63, 3.8) is 0 Å². The Bertz CT molecular complexity index is 533. The smallest absolute Gasteiger partial charge is 0.282 e. The van der Waals surface area contributed by atoms with Crippen molar-refractivity contribution < 1.29 is 13.5 Å². The van der Waals surface area contributed by atoms with Crippen molar-refractivity contribution in [3.05, 3.63) is 35.9 Å². The Balaban J connectivity index is 2.19. The van der Waals surface area contributed by atoms with Crippen LogP contribution < -0.4 is 0 Å². The van der Waals surface area contributed by atoms with E-state index in [1.807, 2.05) is 37.3 Å². The van der Waals surface area contributed by atoms with Gasteiger partial charge in [-0.25, -0.2) is 0 Å². The number of rotatable bonds is 6. The van der Waals surface area contributed by atoms with Crippen molar-refractivity contribution in [3.8, 4) is 0 Å². The molecule has 1 aliphatic rings. The summed E-state index contributed by atoms with van der Waals surface area (Å²) in [7, 11) is -3.53. The summed E-state index contributed by atoms with van der Waals surface area (Å²) in [5.74, 6) is 0. The zero-order valence-corrected chi connectivity index (χ0v) is 13.3. The van der Waals surface area contributed by atoms with Crippen LogP contribution in [0.1, 0.15) is 31.7 Å². The summed E-state index contributed by atoms with van der Waals surface area (Å²) in [6.07, 6.45) is 2.88. The topological polar surface area (TPSA) is 60.9 Å². The van der Waals surface area contributed by atoms with Gasteiger partial charge in [-0.2, -0.15) is 17.0 Å². The van der Waals surface area contributed by atoms with E-state index < -0.39 is 10.2 Å². The molecule has 1 aliphatic heterocycles. The molecule has 5 nitrogen and oxygen atoms in total. The van der Waals surface area contributed by atoms with Crippen LogP contribution in [0.15, 0.2) is 30.3 Å². The molecule has 1 fully saturated rings. The summed E-state index contributed by atoms with van der Waals surface area (Å²) >= 11 is 0. The van der Waals surface area contributed by atoms with Crippen molar-refractivity contribution >= 4 is 10.2 Å². The minimum atomic E-state index is -3.53. The van der Waals surface area contributed by atoms with Gasteiger partial charge in [0.15, 0.2) is 0 Å². The van der Waals surface area contributed by atoms with Crippen LogP contribution in [0, 0.1) is 0 Å². The SMILES string of the molecule is CC1CCCCN1S(=O)(=O)N(CCO)Cc1ccccc1. The number of aliphatic hydroxyl groups excluding tert-OH is 1. The Hall–Kier alpha value is -0.950. The molecule has 1 N–H and O–H groups in total. The van der Waals surface area contributed by atoms with Gasteiger partial charge in [-0.1, -0.05) is 36.8 Å². The molecule has 2 rings (SSSR count). The molecule has 118 valence electrons. The van der Waals surface area contributed by atoms with Gasteiger partial charge in [0.05, 0.1) is 6.61 Å². The highest BCUT2D eigenvalue weighted by atomic mass is 32.2. The van der Waals surface area contributed by atoms with Crippen LogP contribution in [-0.4, -0.2) is 47.9 Å². The third-order valence-corrected chi connectivity index (χ3v) is 6.02. The van der Waals surface area contributed by atoms with E-state index in [0.29, 0.717) is 13.1 Å². The molecule has 0 bridgehead atoms. The van der Waals surface area contributed by atoms with Crippen LogP contribution in [0.4, 0.5) is 0 Å². The predicted octanol–water partition coefficient (Wildman–Crippen LogP) is 1.60. The lowest BCUT2D eigenvalue weighted by Gasteiger charge is -2.36. The van der Waals surface area contributed by atoms with Gasteiger partial charge in [-0.3, -0.25) is 0 Å². The Kier molecular flexibility index (Phi) is 5.75. The lowest BCUT2D eigenvalue weighted by Crippen LogP contribution is -2.50. The summed E-state index contributed by atoms with van der Waals surface area (Å²) in [4.78, 5) is 0. The van der Waals surface area contributed by atoms with Crippen LogP contribution in [0.5, 0.6) is 0 Å². The van der Waals surface area contributed by atoms with E-state index in [2.05, 4.69) is 0 Å². The minimum Gasteiger partial charge on any atom is -0.395 e. The van der Waals surface area contributed by atoms with Gasteiger partial charge >= 0.3 is 0 Å². The average Bonchev–Trinajstić information content (AvgIpc) is 2.48. The van der Waals surface area contributed by atoms with Gasteiger partial charge in [0.25, 0.3) is 10.2 Å². The van der Waals surface area contributed by atoms with Gasteiger partial charge in [-0.15, -0.1) is 0 Å². The summed E-state index contributed by atoms with van der Waals surface area (Å²) in [6.45, 7) is 2.78. The van der Waals surface area contributed by atoms with Crippen LogP contribution in [0.2, 0.25) is 0 Å². The number of aliphatic hydroxyl groups is 1. The molecule has 0 spiro atoms. The Labute approximate surface area is 127 Å². The second kappa shape index (κ2) is 7.35. The maximum atomic E-state index is 12.8. The molecule has 1 atom stereocenters. The van der Waals surface area contributed by atoms with Gasteiger partial charge in [-0.05, 0) is 25.3 Å². The van der Waals surface area contributed by atoms with Crippen molar-refractivity contribution in [2.24, 2.45) is 0 Å². The molecule has 1 unspecified atom stereocenters. The fourth-order valence-electron chi connectivity index (χ4n) is 2.74. The third kappa shape index (κ3) is 4.03. The van der Waals surface area contributed by atoms with Crippen LogP contribution in [0.3, 0.4) is 0 Å². The number of nitrogens with zero attached hydrogens (tertiary/aromatic N) is 2. The first kappa shape index (κ1) is 16.4. The largest absolute Gasteiger partial charge is 0.395 e. The molecule has 6 heteroatoms. The number of piperidine rings is 1. The lowest BCUT2D eigenvalue weighted by molar-refractivity contribution is 0.217. The zero-order valence-electron chi connectivity index (χ0n) is 12.5. The molecule has 1 heterocycles. The molecule has 0 aromatic heterocycles. The molecule has 0 radical (unpaired) electrons. The molecule has 0 amide bonds. The molecule has 1 aromatic carbocycles. The third-order valence-electron chi connectivity index (χ3n) is 3.92.